The minimum Gasteiger partial charge on any atom is -0.316 e. The number of aromatic nitrogens is 6. The Hall–Kier alpha value is -4.15. The van der Waals surface area contributed by atoms with Gasteiger partial charge in [0.1, 0.15) is 0 Å². The Morgan fingerprint density at radius 3 is 1.39 bits per heavy atom. The molecule has 2 aromatic carbocycles. The average molecular weight is 676 g/mol. The van der Waals surface area contributed by atoms with E-state index in [1.165, 1.54) is 0 Å². The van der Waals surface area contributed by atoms with E-state index in [2.05, 4.69) is 36.4 Å². The van der Waals surface area contributed by atoms with Crippen LogP contribution < -0.4 is 0 Å². The van der Waals surface area contributed by atoms with Gasteiger partial charge in [-0.3, -0.25) is 10.2 Å². The van der Waals surface area contributed by atoms with Gasteiger partial charge in [-0.2, -0.15) is 0 Å². The number of para-hydroxylation sites is 2. The van der Waals surface area contributed by atoms with Crippen LogP contribution in [0, 0.1) is 12.4 Å². The molecule has 4 heterocycles. The minimum atomic E-state index is -0.434. The second-order valence-electron chi connectivity index (χ2n) is 9.31. The van der Waals surface area contributed by atoms with Crippen molar-refractivity contribution in [2.45, 2.75) is 19.3 Å². The maximum atomic E-state index is 5.00. The first kappa shape index (κ1) is 25.5. The van der Waals surface area contributed by atoms with Crippen molar-refractivity contribution in [3.8, 4) is 33.9 Å². The van der Waals surface area contributed by atoms with Crippen LogP contribution in [0.5, 0.6) is 0 Å². The molecule has 0 aliphatic heterocycles. The van der Waals surface area contributed by atoms with Gasteiger partial charge in [0.2, 0.25) is 0 Å². The second-order valence-corrected chi connectivity index (χ2v) is 9.31. The van der Waals surface area contributed by atoms with Crippen molar-refractivity contribution < 1.29 is 21.1 Å². The summed E-state index contributed by atoms with van der Waals surface area (Å²) < 4.78 is 3.62. The third-order valence-corrected chi connectivity index (χ3v) is 6.43. The molecule has 4 aromatic heterocycles. The number of hydrogen-bond donors (Lipinski definition) is 0. The summed E-state index contributed by atoms with van der Waals surface area (Å²) in [5.74, 6) is 0. The van der Waals surface area contributed by atoms with Crippen LogP contribution in [0.3, 0.4) is 0 Å². The first-order valence-corrected chi connectivity index (χ1v) is 12.1. The largest absolute Gasteiger partial charge is 2.00 e. The molecule has 7 heteroatoms. The summed E-state index contributed by atoms with van der Waals surface area (Å²) >= 11 is 0. The van der Waals surface area contributed by atoms with Crippen LogP contribution >= 0.6 is 0 Å². The van der Waals surface area contributed by atoms with Crippen molar-refractivity contribution in [1.29, 1.82) is 0 Å². The van der Waals surface area contributed by atoms with Crippen LogP contribution in [-0.2, 0) is 26.5 Å². The molecule has 0 unspecified atom stereocenters. The van der Waals surface area contributed by atoms with Gasteiger partial charge in [-0.05, 0) is 74.0 Å². The smallest absolute Gasteiger partial charge is 0.316 e. The summed E-state index contributed by atoms with van der Waals surface area (Å²) in [6.45, 7) is 4.28. The number of pyridine rings is 2. The van der Waals surface area contributed by atoms with E-state index < -0.39 is 5.41 Å². The van der Waals surface area contributed by atoms with Crippen LogP contribution in [0.2, 0.25) is 0 Å². The summed E-state index contributed by atoms with van der Waals surface area (Å²) in [5.41, 5.74) is 6.68. The molecular formula is C31H24N6Pt. The molecular weight excluding hydrogens is 651 g/mol. The van der Waals surface area contributed by atoms with Crippen molar-refractivity contribution in [3.05, 3.63) is 133 Å². The fourth-order valence-corrected chi connectivity index (χ4v) is 4.25. The molecule has 0 fully saturated rings. The van der Waals surface area contributed by atoms with Crippen molar-refractivity contribution in [2.75, 3.05) is 0 Å². The van der Waals surface area contributed by atoms with Crippen LogP contribution in [0.25, 0.3) is 33.9 Å². The Bertz CT molecular complexity index is 1530. The standard InChI is InChI=1S/C31H24N6.Pt/c1-31(2,29-17-9-15-27(34-29)23-19-32-36(21-23)25-11-5-3-6-12-25)30-18-10-16-28(35-30)24-20-33-37(22-24)26-13-7-4-8-14-26;/h3-18,21-22H,1-2H3;/q-2;+2. The topological polar surface area (TPSA) is 61.4 Å². The quantitative estimate of drug-likeness (QED) is 0.200. The molecule has 188 valence electrons. The van der Waals surface area contributed by atoms with E-state index in [0.717, 1.165) is 45.3 Å². The maximum absolute atomic E-state index is 5.00. The first-order chi connectivity index (χ1) is 18.1. The van der Waals surface area contributed by atoms with E-state index in [9.17, 15) is 0 Å². The van der Waals surface area contributed by atoms with Crippen molar-refractivity contribution >= 4 is 0 Å². The fraction of sp³-hybridized carbons (Fsp3) is 0.0968. The van der Waals surface area contributed by atoms with E-state index >= 15 is 0 Å². The molecule has 6 aromatic rings. The minimum absolute atomic E-state index is 0. The Morgan fingerprint density at radius 1 is 0.553 bits per heavy atom. The van der Waals surface area contributed by atoms with Gasteiger partial charge in [0.15, 0.2) is 0 Å². The Labute approximate surface area is 236 Å². The zero-order valence-corrected chi connectivity index (χ0v) is 23.2. The van der Waals surface area contributed by atoms with E-state index in [-0.39, 0.29) is 21.1 Å². The third kappa shape index (κ3) is 5.00. The molecule has 0 amide bonds. The number of nitrogens with zero attached hydrogens (tertiary/aromatic N) is 6. The monoisotopic (exact) mass is 675 g/mol. The SMILES string of the molecule is CC(C)(c1cccc(-c2[c-]nn(-c3ccccc3)c2)n1)c1cccc(-c2[c-]nn(-c3ccccc3)c2)n1.[Pt+2]. The molecule has 0 aliphatic carbocycles. The summed E-state index contributed by atoms with van der Waals surface area (Å²) in [6, 6.07) is 32.1. The van der Waals surface area contributed by atoms with Crippen LogP contribution in [-0.4, -0.2) is 29.5 Å². The molecule has 0 bridgehead atoms. The Morgan fingerprint density at radius 2 is 0.974 bits per heavy atom. The van der Waals surface area contributed by atoms with Gasteiger partial charge in [-0.25, -0.2) is 0 Å². The Kier molecular flexibility index (Phi) is 7.17. The molecule has 0 N–H and O–H groups in total. The van der Waals surface area contributed by atoms with E-state index in [4.69, 9.17) is 9.97 Å². The summed E-state index contributed by atoms with van der Waals surface area (Å²) in [7, 11) is 0. The van der Waals surface area contributed by atoms with Crippen LogP contribution in [0.15, 0.2) is 109 Å². The first-order valence-electron chi connectivity index (χ1n) is 12.1. The number of hydrogen-bond acceptors (Lipinski definition) is 4. The van der Waals surface area contributed by atoms with Crippen molar-refractivity contribution in [2.24, 2.45) is 0 Å². The zero-order valence-electron chi connectivity index (χ0n) is 20.9. The third-order valence-electron chi connectivity index (χ3n) is 6.43. The summed E-state index contributed by atoms with van der Waals surface area (Å²) in [5, 5.41) is 8.82. The number of benzene rings is 2. The molecule has 0 aliphatic rings. The van der Waals surface area contributed by atoms with Gasteiger partial charge in [-0.15, -0.1) is 11.1 Å². The molecule has 0 saturated carbocycles. The normalized spacial score (nSPS) is 11.2. The van der Waals surface area contributed by atoms with Crippen molar-refractivity contribution in [3.63, 3.8) is 0 Å². The number of rotatable bonds is 6. The van der Waals surface area contributed by atoms with Gasteiger partial charge in [0, 0.05) is 28.2 Å². The van der Waals surface area contributed by atoms with E-state index in [1.54, 1.807) is 0 Å². The molecule has 6 rings (SSSR count). The van der Waals surface area contributed by atoms with Crippen LogP contribution in [0.4, 0.5) is 0 Å². The second kappa shape index (κ2) is 10.7. The molecule has 0 saturated heterocycles. The van der Waals surface area contributed by atoms with Gasteiger partial charge >= 0.3 is 21.1 Å². The van der Waals surface area contributed by atoms with Crippen LogP contribution in [0.1, 0.15) is 25.2 Å². The summed E-state index contributed by atoms with van der Waals surface area (Å²) in [6.07, 6.45) is 10.1. The van der Waals surface area contributed by atoms with Gasteiger partial charge in [0.05, 0.1) is 0 Å². The molecule has 6 nitrogen and oxygen atoms in total. The van der Waals surface area contributed by atoms with Gasteiger partial charge < -0.3 is 19.3 Å². The van der Waals surface area contributed by atoms with E-state index in [0.29, 0.717) is 0 Å². The maximum Gasteiger partial charge on any atom is 2.00 e. The van der Waals surface area contributed by atoms with E-state index in [1.807, 2.05) is 119 Å². The summed E-state index contributed by atoms with van der Waals surface area (Å²) in [4.78, 5) is 9.99. The van der Waals surface area contributed by atoms with Crippen molar-refractivity contribution in [1.82, 2.24) is 29.5 Å². The molecule has 38 heavy (non-hydrogen) atoms. The zero-order chi connectivity index (χ0) is 25.2. The Balaban J connectivity index is 0.00000294. The molecule has 0 radical (unpaired) electrons. The predicted molar refractivity (Wildman–Crippen MR) is 143 cm³/mol. The average Bonchev–Trinajstić information content (AvgIpc) is 3.65. The van der Waals surface area contributed by atoms with Gasteiger partial charge in [0.25, 0.3) is 0 Å². The fourth-order valence-electron chi connectivity index (χ4n) is 4.25. The molecule has 0 spiro atoms. The molecule has 0 atom stereocenters. The van der Waals surface area contributed by atoms with Gasteiger partial charge in [-0.1, -0.05) is 73.1 Å². The predicted octanol–water partition coefficient (Wildman–Crippen LogP) is 6.11.